The second-order valence-corrected chi connectivity index (χ2v) is 7.26. The van der Waals surface area contributed by atoms with Crippen molar-refractivity contribution in [3.05, 3.63) is 54.1 Å². The smallest absolute Gasteiger partial charge is 0.240 e. The number of hydrogen-bond donors (Lipinski definition) is 3. The Hall–Kier alpha value is -2.42. The van der Waals surface area contributed by atoms with Crippen molar-refractivity contribution in [1.82, 2.24) is 14.7 Å². The van der Waals surface area contributed by atoms with Crippen LogP contribution in [-0.2, 0) is 21.3 Å². The predicted molar refractivity (Wildman–Crippen MR) is 96.9 cm³/mol. The number of fused-ring (bicyclic) bond motifs is 1. The Labute approximate surface area is 146 Å². The molecule has 7 nitrogen and oxygen atoms in total. The summed E-state index contributed by atoms with van der Waals surface area (Å²) in [6.45, 7) is 1.12. The molecular formula is C17H20N4O3S. The third-order valence-electron chi connectivity index (χ3n) is 3.68. The number of benzene rings is 2. The van der Waals surface area contributed by atoms with E-state index in [9.17, 15) is 8.42 Å². The van der Waals surface area contributed by atoms with E-state index in [0.717, 1.165) is 16.6 Å². The zero-order valence-corrected chi connectivity index (χ0v) is 14.6. The maximum atomic E-state index is 12.1. The molecule has 0 saturated heterocycles. The van der Waals surface area contributed by atoms with Gasteiger partial charge in [-0.3, -0.25) is 0 Å². The number of ether oxygens (including phenoxy) is 1. The number of anilines is 1. The van der Waals surface area contributed by atoms with Gasteiger partial charge in [-0.25, -0.2) is 18.1 Å². The number of methoxy groups -OCH3 is 1. The van der Waals surface area contributed by atoms with Crippen molar-refractivity contribution in [3.63, 3.8) is 0 Å². The van der Waals surface area contributed by atoms with Crippen molar-refractivity contribution in [2.75, 3.05) is 25.6 Å². The molecule has 1 heterocycles. The standard InChI is InChI=1S/C17H20N4O3S/c1-24-11-10-19-25(22,23)14-8-6-13(7-9-14)12-18-17-20-15-4-2-3-5-16(15)21-17/h2-9,19H,10-12H2,1H3,(H2,18,20,21). The van der Waals surface area contributed by atoms with E-state index in [0.29, 0.717) is 19.1 Å². The van der Waals surface area contributed by atoms with Crippen molar-refractivity contribution in [1.29, 1.82) is 0 Å². The number of sulfonamides is 1. The number of nitrogens with zero attached hydrogens (tertiary/aromatic N) is 1. The van der Waals surface area contributed by atoms with E-state index in [-0.39, 0.29) is 11.4 Å². The third kappa shape index (κ3) is 4.36. The molecule has 8 heteroatoms. The fourth-order valence-electron chi connectivity index (χ4n) is 2.37. The largest absolute Gasteiger partial charge is 0.383 e. The van der Waals surface area contributed by atoms with E-state index in [2.05, 4.69) is 20.0 Å². The van der Waals surface area contributed by atoms with Gasteiger partial charge in [0, 0.05) is 20.2 Å². The van der Waals surface area contributed by atoms with Crippen molar-refractivity contribution in [2.45, 2.75) is 11.4 Å². The first-order valence-electron chi connectivity index (χ1n) is 7.85. The molecule has 2 aromatic carbocycles. The van der Waals surface area contributed by atoms with Crippen molar-refractivity contribution < 1.29 is 13.2 Å². The Kier molecular flexibility index (Phi) is 5.32. The average molecular weight is 360 g/mol. The molecule has 0 amide bonds. The number of aromatic nitrogens is 2. The Morgan fingerprint density at radius 1 is 1.12 bits per heavy atom. The molecule has 3 aromatic rings. The molecule has 0 aliphatic rings. The predicted octanol–water partition coefficient (Wildman–Crippen LogP) is 2.10. The summed E-state index contributed by atoms with van der Waals surface area (Å²) in [7, 11) is -1.98. The molecule has 0 radical (unpaired) electrons. The minimum absolute atomic E-state index is 0.232. The second kappa shape index (κ2) is 7.64. The quantitative estimate of drug-likeness (QED) is 0.535. The molecule has 3 rings (SSSR count). The normalized spacial score (nSPS) is 11.7. The summed E-state index contributed by atoms with van der Waals surface area (Å²) >= 11 is 0. The summed E-state index contributed by atoms with van der Waals surface area (Å²) in [5, 5.41) is 3.20. The van der Waals surface area contributed by atoms with Gasteiger partial charge in [0.15, 0.2) is 0 Å². The number of nitrogens with one attached hydrogen (secondary N) is 3. The van der Waals surface area contributed by atoms with Crippen LogP contribution < -0.4 is 10.0 Å². The molecule has 3 N–H and O–H groups in total. The lowest BCUT2D eigenvalue weighted by Crippen LogP contribution is -2.27. The van der Waals surface area contributed by atoms with E-state index >= 15 is 0 Å². The molecule has 0 spiro atoms. The highest BCUT2D eigenvalue weighted by atomic mass is 32.2. The summed E-state index contributed by atoms with van der Waals surface area (Å²) in [5.41, 5.74) is 2.82. The van der Waals surface area contributed by atoms with Crippen molar-refractivity contribution >= 4 is 27.0 Å². The van der Waals surface area contributed by atoms with E-state index in [1.165, 1.54) is 7.11 Å². The minimum atomic E-state index is -3.50. The minimum Gasteiger partial charge on any atom is -0.383 e. The van der Waals surface area contributed by atoms with Gasteiger partial charge in [0.1, 0.15) is 0 Å². The summed E-state index contributed by atoms with van der Waals surface area (Å²) < 4.78 is 31.5. The van der Waals surface area contributed by atoms with Gasteiger partial charge >= 0.3 is 0 Å². The number of para-hydroxylation sites is 2. The van der Waals surface area contributed by atoms with E-state index in [1.54, 1.807) is 24.3 Å². The van der Waals surface area contributed by atoms with Crippen molar-refractivity contribution in [3.8, 4) is 0 Å². The van der Waals surface area contributed by atoms with Crippen LogP contribution in [-0.4, -0.2) is 38.6 Å². The van der Waals surface area contributed by atoms with Gasteiger partial charge in [-0.1, -0.05) is 24.3 Å². The third-order valence-corrected chi connectivity index (χ3v) is 5.16. The van der Waals surface area contributed by atoms with E-state index < -0.39 is 10.0 Å². The Morgan fingerprint density at radius 3 is 2.60 bits per heavy atom. The first kappa shape index (κ1) is 17.4. The van der Waals surface area contributed by atoms with Crippen LogP contribution in [0.3, 0.4) is 0 Å². The zero-order chi connectivity index (χ0) is 17.7. The number of rotatable bonds is 8. The SMILES string of the molecule is COCCNS(=O)(=O)c1ccc(CNc2nc3ccccc3[nH]2)cc1. The fourth-order valence-corrected chi connectivity index (χ4v) is 3.38. The summed E-state index contributed by atoms with van der Waals surface area (Å²) in [4.78, 5) is 7.86. The van der Waals surface area contributed by atoms with E-state index in [1.807, 2.05) is 24.3 Å². The van der Waals surface area contributed by atoms with Crippen LogP contribution in [0.4, 0.5) is 5.95 Å². The lowest BCUT2D eigenvalue weighted by molar-refractivity contribution is 0.204. The van der Waals surface area contributed by atoms with Crippen molar-refractivity contribution in [2.24, 2.45) is 0 Å². The van der Waals surface area contributed by atoms with Gasteiger partial charge < -0.3 is 15.0 Å². The topological polar surface area (TPSA) is 96.1 Å². The highest BCUT2D eigenvalue weighted by molar-refractivity contribution is 7.89. The van der Waals surface area contributed by atoms with Crippen LogP contribution in [0.1, 0.15) is 5.56 Å². The number of aromatic amines is 1. The molecule has 0 aliphatic heterocycles. The van der Waals surface area contributed by atoms with Gasteiger partial charge in [0.05, 0.1) is 22.5 Å². The molecular weight excluding hydrogens is 340 g/mol. The van der Waals surface area contributed by atoms with Gasteiger partial charge in [0.2, 0.25) is 16.0 Å². The number of H-pyrrole nitrogens is 1. The molecule has 0 atom stereocenters. The van der Waals surface area contributed by atoms with Gasteiger partial charge in [-0.2, -0.15) is 0 Å². The first-order valence-corrected chi connectivity index (χ1v) is 9.33. The van der Waals surface area contributed by atoms with Crippen LogP contribution in [0.25, 0.3) is 11.0 Å². The molecule has 1 aromatic heterocycles. The molecule has 132 valence electrons. The Morgan fingerprint density at radius 2 is 1.88 bits per heavy atom. The van der Waals surface area contributed by atoms with Crippen LogP contribution >= 0.6 is 0 Å². The average Bonchev–Trinajstić information content (AvgIpc) is 3.03. The first-order chi connectivity index (χ1) is 12.1. The van der Waals surface area contributed by atoms with Gasteiger partial charge in [-0.15, -0.1) is 0 Å². The molecule has 0 saturated carbocycles. The van der Waals surface area contributed by atoms with Crippen LogP contribution in [0.15, 0.2) is 53.4 Å². The van der Waals surface area contributed by atoms with Crippen LogP contribution in [0.5, 0.6) is 0 Å². The van der Waals surface area contributed by atoms with E-state index in [4.69, 9.17) is 4.74 Å². The molecule has 25 heavy (non-hydrogen) atoms. The Bertz CT molecular complexity index is 903. The lowest BCUT2D eigenvalue weighted by Gasteiger charge is -2.08. The monoisotopic (exact) mass is 360 g/mol. The van der Waals surface area contributed by atoms with Gasteiger partial charge in [0.25, 0.3) is 0 Å². The highest BCUT2D eigenvalue weighted by Gasteiger charge is 2.12. The molecule has 0 fully saturated rings. The Balaban J connectivity index is 1.62. The van der Waals surface area contributed by atoms with Crippen LogP contribution in [0.2, 0.25) is 0 Å². The van der Waals surface area contributed by atoms with Crippen LogP contribution in [0, 0.1) is 0 Å². The summed E-state index contributed by atoms with van der Waals surface area (Å²) in [6, 6.07) is 14.5. The summed E-state index contributed by atoms with van der Waals surface area (Å²) in [6.07, 6.45) is 0. The van der Waals surface area contributed by atoms with Gasteiger partial charge in [-0.05, 0) is 29.8 Å². The fraction of sp³-hybridized carbons (Fsp3) is 0.235. The maximum absolute atomic E-state index is 12.1. The number of imidazole rings is 1. The number of hydrogen-bond acceptors (Lipinski definition) is 5. The molecule has 0 unspecified atom stereocenters. The molecule has 0 bridgehead atoms. The summed E-state index contributed by atoms with van der Waals surface area (Å²) in [5.74, 6) is 0.680. The second-order valence-electron chi connectivity index (χ2n) is 5.49. The molecule has 0 aliphatic carbocycles. The highest BCUT2D eigenvalue weighted by Crippen LogP contribution is 2.15. The maximum Gasteiger partial charge on any atom is 0.240 e. The zero-order valence-electron chi connectivity index (χ0n) is 13.8. The lowest BCUT2D eigenvalue weighted by atomic mass is 10.2.